The fraction of sp³-hybridized carbons (Fsp3) is 0.467. The molecule has 0 aliphatic rings. The Labute approximate surface area is 109 Å². The molecule has 3 nitrogen and oxygen atoms in total. The quantitative estimate of drug-likeness (QED) is 0.819. The maximum Gasteiger partial charge on any atom is 0.0457 e. The van der Waals surface area contributed by atoms with Gasteiger partial charge in [-0.1, -0.05) is 26.0 Å². The molecule has 2 N–H and O–H groups in total. The van der Waals surface area contributed by atoms with Crippen molar-refractivity contribution in [2.45, 2.75) is 26.4 Å². The van der Waals surface area contributed by atoms with Crippen LogP contribution >= 0.6 is 0 Å². The minimum atomic E-state index is 0.562. The molecule has 0 saturated heterocycles. The predicted molar refractivity (Wildman–Crippen MR) is 77.8 cm³/mol. The summed E-state index contributed by atoms with van der Waals surface area (Å²) in [4.78, 5) is 5.62. The summed E-state index contributed by atoms with van der Waals surface area (Å²) in [5.74, 6) is 0. The third kappa shape index (κ3) is 3.34. The highest BCUT2D eigenvalue weighted by Crippen LogP contribution is 2.18. The Morgan fingerprint density at radius 2 is 2.11 bits per heavy atom. The van der Waals surface area contributed by atoms with Crippen molar-refractivity contribution < 1.29 is 0 Å². The van der Waals surface area contributed by atoms with E-state index in [4.69, 9.17) is 0 Å². The molecule has 0 aliphatic heterocycles. The molecule has 0 radical (unpaired) electrons. The summed E-state index contributed by atoms with van der Waals surface area (Å²) in [6.45, 7) is 7.46. The summed E-state index contributed by atoms with van der Waals surface area (Å²) in [6, 6.07) is 9.17. The van der Waals surface area contributed by atoms with Crippen LogP contribution in [0.5, 0.6) is 0 Å². The third-order valence-corrected chi connectivity index (χ3v) is 3.17. The van der Waals surface area contributed by atoms with E-state index in [-0.39, 0.29) is 0 Å². The van der Waals surface area contributed by atoms with Crippen molar-refractivity contribution in [3.63, 3.8) is 0 Å². The average Bonchev–Trinajstić information content (AvgIpc) is 2.77. The minimum Gasteiger partial charge on any atom is -0.361 e. The molecular formula is C15H23N3. The average molecular weight is 245 g/mol. The number of nitrogens with zero attached hydrogens (tertiary/aromatic N) is 1. The zero-order chi connectivity index (χ0) is 13.0. The largest absolute Gasteiger partial charge is 0.361 e. The number of aromatic nitrogens is 1. The van der Waals surface area contributed by atoms with Crippen LogP contribution in [-0.2, 0) is 6.54 Å². The second kappa shape index (κ2) is 6.03. The monoisotopic (exact) mass is 245 g/mol. The highest BCUT2D eigenvalue weighted by Gasteiger charge is 2.05. The predicted octanol–water partition coefficient (Wildman–Crippen LogP) is 2.60. The van der Waals surface area contributed by atoms with Crippen molar-refractivity contribution >= 4 is 10.9 Å². The highest BCUT2D eigenvalue weighted by molar-refractivity contribution is 5.82. The molecule has 0 bridgehead atoms. The minimum absolute atomic E-state index is 0.562. The molecule has 1 aromatic heterocycles. The molecule has 0 aliphatic carbocycles. The zero-order valence-electron chi connectivity index (χ0n) is 11.5. The van der Waals surface area contributed by atoms with Gasteiger partial charge >= 0.3 is 0 Å². The molecule has 2 aromatic rings. The van der Waals surface area contributed by atoms with Gasteiger partial charge in [-0.05, 0) is 24.7 Å². The Hall–Kier alpha value is -1.32. The second-order valence-corrected chi connectivity index (χ2v) is 5.20. The first-order valence-corrected chi connectivity index (χ1v) is 6.63. The molecule has 0 spiro atoms. The Bertz CT molecular complexity index is 487. The van der Waals surface area contributed by atoms with Gasteiger partial charge in [-0.25, -0.2) is 0 Å². The zero-order valence-corrected chi connectivity index (χ0v) is 11.5. The molecule has 0 amide bonds. The SMILES string of the molecule is CC(C)NCCN(C)Cc1cccc2[nH]ccc12. The van der Waals surface area contributed by atoms with Gasteiger partial charge in [0.2, 0.25) is 0 Å². The van der Waals surface area contributed by atoms with Crippen LogP contribution in [0.4, 0.5) is 0 Å². The number of H-pyrrole nitrogens is 1. The van der Waals surface area contributed by atoms with E-state index in [9.17, 15) is 0 Å². The number of benzene rings is 1. The van der Waals surface area contributed by atoms with E-state index in [1.807, 2.05) is 6.20 Å². The smallest absolute Gasteiger partial charge is 0.0457 e. The molecule has 1 aromatic carbocycles. The van der Waals surface area contributed by atoms with Gasteiger partial charge in [-0.3, -0.25) is 0 Å². The van der Waals surface area contributed by atoms with Crippen LogP contribution in [0.15, 0.2) is 30.5 Å². The van der Waals surface area contributed by atoms with Crippen molar-refractivity contribution in [1.29, 1.82) is 0 Å². The van der Waals surface area contributed by atoms with E-state index in [0.29, 0.717) is 6.04 Å². The maximum absolute atomic E-state index is 3.45. The number of rotatable bonds is 6. The molecule has 18 heavy (non-hydrogen) atoms. The first-order chi connectivity index (χ1) is 8.66. The van der Waals surface area contributed by atoms with Crippen LogP contribution in [0.3, 0.4) is 0 Å². The van der Waals surface area contributed by atoms with Gasteiger partial charge in [-0.2, -0.15) is 0 Å². The highest BCUT2D eigenvalue weighted by atomic mass is 15.1. The van der Waals surface area contributed by atoms with E-state index in [1.54, 1.807) is 0 Å². The number of fused-ring (bicyclic) bond motifs is 1. The van der Waals surface area contributed by atoms with Gasteiger partial charge in [0, 0.05) is 42.8 Å². The lowest BCUT2D eigenvalue weighted by Gasteiger charge is -2.18. The molecule has 0 atom stereocenters. The lowest BCUT2D eigenvalue weighted by Crippen LogP contribution is -2.32. The van der Waals surface area contributed by atoms with Crippen LogP contribution in [0, 0.1) is 0 Å². The molecule has 3 heteroatoms. The van der Waals surface area contributed by atoms with Gasteiger partial charge in [0.05, 0.1) is 0 Å². The summed E-state index contributed by atoms with van der Waals surface area (Å²) in [7, 11) is 2.17. The van der Waals surface area contributed by atoms with Crippen molar-refractivity contribution in [3.8, 4) is 0 Å². The summed E-state index contributed by atoms with van der Waals surface area (Å²) < 4.78 is 0. The van der Waals surface area contributed by atoms with Crippen molar-refractivity contribution in [3.05, 3.63) is 36.0 Å². The maximum atomic E-state index is 3.45. The summed E-state index contributed by atoms with van der Waals surface area (Å²) in [5.41, 5.74) is 2.61. The van der Waals surface area contributed by atoms with E-state index in [2.05, 4.69) is 60.4 Å². The first kappa shape index (κ1) is 13.1. The Kier molecular flexibility index (Phi) is 4.39. The normalized spacial score (nSPS) is 11.8. The van der Waals surface area contributed by atoms with Crippen molar-refractivity contribution in [2.24, 2.45) is 0 Å². The number of hydrogen-bond acceptors (Lipinski definition) is 2. The van der Waals surface area contributed by atoms with Gasteiger partial charge in [0.1, 0.15) is 0 Å². The lowest BCUT2D eigenvalue weighted by atomic mass is 10.1. The van der Waals surface area contributed by atoms with Crippen LogP contribution in [0.1, 0.15) is 19.4 Å². The summed E-state index contributed by atoms with van der Waals surface area (Å²) in [5, 5.41) is 4.78. The van der Waals surface area contributed by atoms with Gasteiger partial charge in [0.25, 0.3) is 0 Å². The van der Waals surface area contributed by atoms with Crippen LogP contribution < -0.4 is 5.32 Å². The van der Waals surface area contributed by atoms with E-state index < -0.39 is 0 Å². The Balaban J connectivity index is 1.94. The van der Waals surface area contributed by atoms with E-state index in [0.717, 1.165) is 19.6 Å². The summed E-state index contributed by atoms with van der Waals surface area (Å²) in [6.07, 6.45) is 2.01. The molecule has 1 heterocycles. The third-order valence-electron chi connectivity index (χ3n) is 3.17. The molecule has 0 fully saturated rings. The van der Waals surface area contributed by atoms with Crippen LogP contribution in [-0.4, -0.2) is 36.1 Å². The van der Waals surface area contributed by atoms with Crippen LogP contribution in [0.25, 0.3) is 10.9 Å². The number of aromatic amines is 1. The van der Waals surface area contributed by atoms with Crippen molar-refractivity contribution in [1.82, 2.24) is 15.2 Å². The molecule has 0 unspecified atom stereocenters. The Morgan fingerprint density at radius 1 is 1.28 bits per heavy atom. The van der Waals surface area contributed by atoms with E-state index >= 15 is 0 Å². The fourth-order valence-corrected chi connectivity index (χ4v) is 2.20. The lowest BCUT2D eigenvalue weighted by molar-refractivity contribution is 0.321. The number of nitrogens with one attached hydrogen (secondary N) is 2. The first-order valence-electron chi connectivity index (χ1n) is 6.63. The molecule has 0 saturated carbocycles. The molecule has 2 rings (SSSR count). The topological polar surface area (TPSA) is 31.1 Å². The Morgan fingerprint density at radius 3 is 2.89 bits per heavy atom. The van der Waals surface area contributed by atoms with Gasteiger partial charge in [0.15, 0.2) is 0 Å². The standard InChI is InChI=1S/C15H23N3/c1-12(2)16-9-10-18(3)11-13-5-4-6-15-14(13)7-8-17-15/h4-8,12,16-17H,9-11H2,1-3H3. The number of hydrogen-bond donors (Lipinski definition) is 2. The molecule has 98 valence electrons. The van der Waals surface area contributed by atoms with Crippen LogP contribution in [0.2, 0.25) is 0 Å². The van der Waals surface area contributed by atoms with Crippen molar-refractivity contribution in [2.75, 3.05) is 20.1 Å². The number of likely N-dealkylation sites (N-methyl/N-ethyl adjacent to an activating group) is 1. The van der Waals surface area contributed by atoms with Gasteiger partial charge < -0.3 is 15.2 Å². The molecular weight excluding hydrogens is 222 g/mol. The van der Waals surface area contributed by atoms with E-state index in [1.165, 1.54) is 16.5 Å². The van der Waals surface area contributed by atoms with Gasteiger partial charge in [-0.15, -0.1) is 0 Å². The fourth-order valence-electron chi connectivity index (χ4n) is 2.20. The second-order valence-electron chi connectivity index (χ2n) is 5.20. The summed E-state index contributed by atoms with van der Waals surface area (Å²) >= 11 is 0.